The van der Waals surface area contributed by atoms with Gasteiger partial charge in [-0.3, -0.25) is 4.79 Å². The molecule has 146 valence electrons. The Morgan fingerprint density at radius 2 is 1.86 bits per heavy atom. The molecule has 1 aliphatic heterocycles. The van der Waals surface area contributed by atoms with E-state index in [4.69, 9.17) is 29.2 Å². The van der Waals surface area contributed by atoms with Gasteiger partial charge in [0.1, 0.15) is 5.75 Å². The van der Waals surface area contributed by atoms with Gasteiger partial charge in [0.05, 0.1) is 22.0 Å². The highest BCUT2D eigenvalue weighted by molar-refractivity contribution is 7.81. The predicted octanol–water partition coefficient (Wildman–Crippen LogP) is 3.57. The zero-order chi connectivity index (χ0) is 20.5. The summed E-state index contributed by atoms with van der Waals surface area (Å²) >= 11 is 10.8. The number of rotatable bonds is 5. The second-order valence-electron chi connectivity index (χ2n) is 7.15. The minimum Gasteiger partial charge on any atom is -0.426 e. The number of nitrogens with zero attached hydrogens (tertiary/aromatic N) is 1. The highest BCUT2D eigenvalue weighted by Crippen LogP contribution is 2.33. The third-order valence-corrected chi connectivity index (χ3v) is 5.95. The molecule has 4 rings (SSSR count). The molecule has 2 aromatic carbocycles. The van der Waals surface area contributed by atoms with Crippen molar-refractivity contribution >= 4 is 40.3 Å². The van der Waals surface area contributed by atoms with Gasteiger partial charge in [0.25, 0.3) is 0 Å². The summed E-state index contributed by atoms with van der Waals surface area (Å²) in [6, 6.07) is 19.4. The molecule has 0 aliphatic carbocycles. The number of aryl methyl sites for hydroxylation is 1. The van der Waals surface area contributed by atoms with Crippen LogP contribution in [0.15, 0.2) is 60.7 Å². The van der Waals surface area contributed by atoms with Crippen molar-refractivity contribution in [2.45, 2.75) is 25.8 Å². The SMILES string of the molecule is Cc1cc(OC(=O)C2CCn3c(C(=S)c4ccccc4)ccc32)ccc1C([NH3+])=S. The van der Waals surface area contributed by atoms with Crippen molar-refractivity contribution < 1.29 is 15.3 Å². The molecule has 0 fully saturated rings. The fourth-order valence-electron chi connectivity index (χ4n) is 3.82. The normalized spacial score (nSPS) is 15.0. The molecule has 0 saturated heterocycles. The topological polar surface area (TPSA) is 58.9 Å². The van der Waals surface area contributed by atoms with Crippen molar-refractivity contribution in [2.24, 2.45) is 0 Å². The number of quaternary nitrogens is 1. The number of ether oxygens (including phenoxy) is 1. The third kappa shape index (κ3) is 3.79. The van der Waals surface area contributed by atoms with Crippen molar-refractivity contribution in [2.75, 3.05) is 0 Å². The van der Waals surface area contributed by atoms with Gasteiger partial charge in [-0.05, 0) is 67.0 Å². The smallest absolute Gasteiger partial charge is 0.320 e. The summed E-state index contributed by atoms with van der Waals surface area (Å²) in [6.07, 6.45) is 0.708. The van der Waals surface area contributed by atoms with Gasteiger partial charge in [0.2, 0.25) is 4.99 Å². The monoisotopic (exact) mass is 421 g/mol. The molecule has 0 radical (unpaired) electrons. The number of thiocarbonyl (C=S) groups is 2. The van der Waals surface area contributed by atoms with Crippen LogP contribution in [0.1, 0.15) is 40.4 Å². The van der Waals surface area contributed by atoms with Crippen molar-refractivity contribution in [1.29, 1.82) is 0 Å². The maximum atomic E-state index is 12.9. The molecule has 1 unspecified atom stereocenters. The highest BCUT2D eigenvalue weighted by atomic mass is 32.1. The molecule has 2 heterocycles. The van der Waals surface area contributed by atoms with E-state index in [-0.39, 0.29) is 11.9 Å². The second-order valence-corrected chi connectivity index (χ2v) is 8.05. The van der Waals surface area contributed by atoms with Gasteiger partial charge < -0.3 is 15.0 Å². The van der Waals surface area contributed by atoms with E-state index >= 15 is 0 Å². The zero-order valence-electron chi connectivity index (χ0n) is 16.1. The highest BCUT2D eigenvalue weighted by Gasteiger charge is 2.32. The maximum absolute atomic E-state index is 12.9. The van der Waals surface area contributed by atoms with E-state index < -0.39 is 0 Å². The first-order valence-electron chi connectivity index (χ1n) is 9.43. The number of carbonyl (C=O) groups is 1. The molecule has 1 aliphatic rings. The maximum Gasteiger partial charge on any atom is 0.320 e. The van der Waals surface area contributed by atoms with Crippen LogP contribution in [-0.2, 0) is 11.3 Å². The predicted molar refractivity (Wildman–Crippen MR) is 120 cm³/mol. The molecule has 1 aromatic heterocycles. The molecule has 29 heavy (non-hydrogen) atoms. The summed E-state index contributed by atoms with van der Waals surface area (Å²) in [4.78, 5) is 14.2. The van der Waals surface area contributed by atoms with Gasteiger partial charge in [0, 0.05) is 12.2 Å². The Balaban J connectivity index is 1.54. The van der Waals surface area contributed by atoms with Gasteiger partial charge in [-0.1, -0.05) is 42.5 Å². The average Bonchev–Trinajstić information content (AvgIpc) is 3.30. The minimum atomic E-state index is -0.295. The van der Waals surface area contributed by atoms with E-state index in [1.807, 2.05) is 61.5 Å². The van der Waals surface area contributed by atoms with Crippen LogP contribution < -0.4 is 10.5 Å². The minimum absolute atomic E-state index is 0.247. The van der Waals surface area contributed by atoms with E-state index in [0.29, 0.717) is 17.2 Å². The van der Waals surface area contributed by atoms with Gasteiger partial charge in [-0.2, -0.15) is 0 Å². The third-order valence-electron chi connectivity index (χ3n) is 5.28. The Hall–Kier alpha value is -2.67. The van der Waals surface area contributed by atoms with Gasteiger partial charge >= 0.3 is 5.97 Å². The van der Waals surface area contributed by atoms with Crippen LogP contribution in [0.4, 0.5) is 0 Å². The number of benzene rings is 2. The molecule has 0 spiro atoms. The standard InChI is InChI=1S/C23H20N2O2S2/c1-14-13-16(7-8-17(14)22(24)29)27-23(26)18-11-12-25-19(18)9-10-20(25)21(28)15-5-3-2-4-6-15/h2-10,13,18H,11-12H2,1H3,(H2,24,29)/p+1. The molecule has 0 bridgehead atoms. The van der Waals surface area contributed by atoms with E-state index in [1.165, 1.54) is 0 Å². The molecule has 1 atom stereocenters. The Bertz CT molecular complexity index is 1120. The van der Waals surface area contributed by atoms with Crippen LogP contribution in [0.2, 0.25) is 0 Å². The molecule has 6 heteroatoms. The first kappa shape index (κ1) is 19.6. The summed E-state index contributed by atoms with van der Waals surface area (Å²) in [6.45, 7) is 2.68. The van der Waals surface area contributed by atoms with Crippen LogP contribution in [0.25, 0.3) is 0 Å². The summed E-state index contributed by atoms with van der Waals surface area (Å²) in [5, 5.41) is 0. The Kier molecular flexibility index (Phi) is 5.41. The zero-order valence-corrected chi connectivity index (χ0v) is 17.7. The molecule has 3 aromatic rings. The van der Waals surface area contributed by atoms with E-state index in [0.717, 1.165) is 39.5 Å². The van der Waals surface area contributed by atoms with Crippen LogP contribution in [-0.4, -0.2) is 20.4 Å². The van der Waals surface area contributed by atoms with Gasteiger partial charge in [0.15, 0.2) is 0 Å². The van der Waals surface area contributed by atoms with Crippen molar-refractivity contribution in [3.8, 4) is 5.75 Å². The summed E-state index contributed by atoms with van der Waals surface area (Å²) < 4.78 is 7.81. The number of hydrogen-bond donors (Lipinski definition) is 1. The molecule has 4 nitrogen and oxygen atoms in total. The number of esters is 1. The van der Waals surface area contributed by atoms with Crippen molar-refractivity contribution in [3.63, 3.8) is 0 Å². The van der Waals surface area contributed by atoms with Crippen LogP contribution in [0.5, 0.6) is 5.75 Å². The van der Waals surface area contributed by atoms with Gasteiger partial charge in [-0.15, -0.1) is 0 Å². The molecular weight excluding hydrogens is 400 g/mol. The summed E-state index contributed by atoms with van der Waals surface area (Å²) in [5.41, 5.74) is 8.57. The summed E-state index contributed by atoms with van der Waals surface area (Å²) in [5.74, 6) is -0.0165. The fourth-order valence-corrected chi connectivity index (χ4v) is 4.36. The molecule has 0 saturated carbocycles. The van der Waals surface area contributed by atoms with E-state index in [1.54, 1.807) is 6.07 Å². The van der Waals surface area contributed by atoms with Crippen LogP contribution in [0, 0.1) is 6.92 Å². The lowest BCUT2D eigenvalue weighted by Crippen LogP contribution is -2.56. The molecule has 0 amide bonds. The van der Waals surface area contributed by atoms with Gasteiger partial charge in [-0.25, -0.2) is 0 Å². The van der Waals surface area contributed by atoms with E-state index in [2.05, 4.69) is 10.3 Å². The van der Waals surface area contributed by atoms with Crippen LogP contribution in [0.3, 0.4) is 0 Å². The largest absolute Gasteiger partial charge is 0.426 e. The Morgan fingerprint density at radius 1 is 1.10 bits per heavy atom. The quantitative estimate of drug-likeness (QED) is 0.296. The number of hydrogen-bond acceptors (Lipinski definition) is 4. The second kappa shape index (κ2) is 7.99. The lowest BCUT2D eigenvalue weighted by atomic mass is 10.0. The van der Waals surface area contributed by atoms with Crippen molar-refractivity contribution in [1.82, 2.24) is 4.57 Å². The fraction of sp³-hybridized carbons (Fsp3) is 0.174. The van der Waals surface area contributed by atoms with Crippen LogP contribution >= 0.6 is 24.4 Å². The first-order chi connectivity index (χ1) is 14.0. The first-order valence-corrected chi connectivity index (χ1v) is 10.2. The van der Waals surface area contributed by atoms with Crippen molar-refractivity contribution in [3.05, 3.63) is 88.7 Å². The van der Waals surface area contributed by atoms with E-state index in [9.17, 15) is 4.79 Å². The molecule has 3 N–H and O–H groups in total. The molecular formula is C23H21N2O2S2+. The lowest BCUT2D eigenvalue weighted by molar-refractivity contribution is -0.206. The average molecular weight is 422 g/mol. The Morgan fingerprint density at radius 3 is 2.55 bits per heavy atom. The Labute approximate surface area is 180 Å². The number of carbonyl (C=O) groups excluding carboxylic acids is 1. The number of aromatic nitrogens is 1. The summed E-state index contributed by atoms with van der Waals surface area (Å²) in [7, 11) is 0. The number of fused-ring (bicyclic) bond motifs is 1. The lowest BCUT2D eigenvalue weighted by Gasteiger charge is -2.11.